The Morgan fingerprint density at radius 3 is 1.54 bits per heavy atom. The van der Waals surface area contributed by atoms with E-state index in [0.717, 1.165) is 4.90 Å². The lowest BCUT2D eigenvalue weighted by Crippen LogP contribution is -2.27. The first-order valence-corrected chi connectivity index (χ1v) is 15.2. The van der Waals surface area contributed by atoms with Crippen molar-refractivity contribution in [1.82, 2.24) is 30.2 Å². The third-order valence-corrected chi connectivity index (χ3v) is 7.27. The predicted octanol–water partition coefficient (Wildman–Crippen LogP) is 9.35. The Morgan fingerprint density at radius 2 is 1.09 bits per heavy atom. The largest absolute Gasteiger partial charge is 0.416 e. The first-order valence-electron chi connectivity index (χ1n) is 15.2. The Balaban J connectivity index is 0.000000321. The molecule has 0 saturated carbocycles. The normalized spacial score (nSPS) is 12.2. The van der Waals surface area contributed by atoms with Crippen LogP contribution in [0.15, 0.2) is 91.4 Å². The first-order chi connectivity index (χ1) is 25.1. The number of carbonyl (C=O) groups excluding carboxylic acids is 1. The molecule has 2 aromatic heterocycles. The van der Waals surface area contributed by atoms with Crippen LogP contribution in [-0.2, 0) is 37.8 Å². The summed E-state index contributed by atoms with van der Waals surface area (Å²) in [4.78, 5) is 31.1. The number of amides is 1. The standard InChI is InChI=1S/C25H17F6N5O.C10H9F6N/c1-36(14-15-10-17(24(26,27)28)12-18(11-15)25(29,30)31)23(37)19-13-34-22(21-32-8-5-9-33-21)35-20(19)16-6-3-2-4-7-16;1-17-5-6-2-7(9(11,12)13)4-8(3-6)10(14,15)16/h2-13H,14H2,1H3;2-4,17H,5H2,1H3. The van der Waals surface area contributed by atoms with Gasteiger partial charge in [-0.25, -0.2) is 19.9 Å². The number of benzene rings is 3. The second-order valence-electron chi connectivity index (χ2n) is 11.4. The van der Waals surface area contributed by atoms with E-state index in [1.54, 1.807) is 36.4 Å². The molecule has 54 heavy (non-hydrogen) atoms. The van der Waals surface area contributed by atoms with Crippen molar-refractivity contribution < 1.29 is 57.5 Å². The lowest BCUT2D eigenvalue weighted by Gasteiger charge is -2.21. The molecule has 0 fully saturated rings. The van der Waals surface area contributed by atoms with Gasteiger partial charge in [-0.1, -0.05) is 30.3 Å². The van der Waals surface area contributed by atoms with E-state index in [9.17, 15) is 57.5 Å². The van der Waals surface area contributed by atoms with Gasteiger partial charge in [-0.3, -0.25) is 4.79 Å². The van der Waals surface area contributed by atoms with Gasteiger partial charge in [0.25, 0.3) is 5.91 Å². The van der Waals surface area contributed by atoms with Crippen LogP contribution < -0.4 is 5.32 Å². The van der Waals surface area contributed by atoms with Gasteiger partial charge >= 0.3 is 24.7 Å². The second kappa shape index (κ2) is 16.2. The summed E-state index contributed by atoms with van der Waals surface area (Å²) in [6.45, 7) is -0.587. The number of hydrogen-bond donors (Lipinski definition) is 1. The zero-order valence-electron chi connectivity index (χ0n) is 27.8. The lowest BCUT2D eigenvalue weighted by atomic mass is 10.0. The summed E-state index contributed by atoms with van der Waals surface area (Å²) >= 11 is 0. The maximum Gasteiger partial charge on any atom is 0.416 e. The summed E-state index contributed by atoms with van der Waals surface area (Å²) in [5.74, 6) is -0.368. The van der Waals surface area contributed by atoms with Crippen LogP contribution in [0, 0.1) is 0 Å². The van der Waals surface area contributed by atoms with Gasteiger partial charge in [0.1, 0.15) is 0 Å². The van der Waals surface area contributed by atoms with E-state index in [1.807, 2.05) is 0 Å². The zero-order valence-corrected chi connectivity index (χ0v) is 27.8. The van der Waals surface area contributed by atoms with E-state index >= 15 is 0 Å². The van der Waals surface area contributed by atoms with E-state index in [-0.39, 0.29) is 52.7 Å². The van der Waals surface area contributed by atoms with Gasteiger partial charge in [-0.05, 0) is 60.6 Å². The van der Waals surface area contributed by atoms with Gasteiger partial charge in [0, 0.05) is 44.3 Å². The third kappa shape index (κ3) is 10.7. The van der Waals surface area contributed by atoms with E-state index in [0.29, 0.717) is 29.8 Å². The highest BCUT2D eigenvalue weighted by Gasteiger charge is 2.38. The molecule has 3 aromatic carbocycles. The van der Waals surface area contributed by atoms with Crippen LogP contribution in [0.5, 0.6) is 0 Å². The van der Waals surface area contributed by atoms with Gasteiger partial charge in [0.05, 0.1) is 33.5 Å². The minimum Gasteiger partial charge on any atom is -0.337 e. The fourth-order valence-electron chi connectivity index (χ4n) is 4.86. The van der Waals surface area contributed by atoms with Crippen LogP contribution in [0.4, 0.5) is 52.7 Å². The summed E-state index contributed by atoms with van der Waals surface area (Å²) in [7, 11) is 2.70. The number of nitrogens with one attached hydrogen (secondary N) is 1. The molecule has 0 radical (unpaired) electrons. The number of halogens is 12. The minimum absolute atomic E-state index is 0.00333. The fourth-order valence-corrected chi connectivity index (χ4v) is 4.86. The first kappa shape index (κ1) is 41.2. The molecule has 5 rings (SSSR count). The molecule has 2 heterocycles. The Kier molecular flexibility index (Phi) is 12.3. The van der Waals surface area contributed by atoms with Crippen LogP contribution in [-0.4, -0.2) is 44.8 Å². The van der Waals surface area contributed by atoms with Crippen molar-refractivity contribution in [2.45, 2.75) is 37.8 Å². The summed E-state index contributed by atoms with van der Waals surface area (Å²) < 4.78 is 154. The van der Waals surface area contributed by atoms with Crippen LogP contribution in [0.3, 0.4) is 0 Å². The Labute approximate surface area is 298 Å². The molecule has 0 atom stereocenters. The Bertz CT molecular complexity index is 1980. The molecule has 19 heteroatoms. The van der Waals surface area contributed by atoms with Crippen molar-refractivity contribution in [3.63, 3.8) is 0 Å². The highest BCUT2D eigenvalue weighted by Crippen LogP contribution is 2.38. The third-order valence-electron chi connectivity index (χ3n) is 7.27. The molecule has 1 amide bonds. The highest BCUT2D eigenvalue weighted by molar-refractivity contribution is 5.99. The predicted molar refractivity (Wildman–Crippen MR) is 170 cm³/mol. The molecule has 0 aliphatic rings. The molecule has 5 aromatic rings. The van der Waals surface area contributed by atoms with Crippen LogP contribution in [0.25, 0.3) is 22.9 Å². The average Bonchev–Trinajstić information content (AvgIpc) is 3.10. The van der Waals surface area contributed by atoms with Gasteiger partial charge in [-0.2, -0.15) is 52.7 Å². The van der Waals surface area contributed by atoms with Crippen LogP contribution >= 0.6 is 0 Å². The molecular weight excluding hydrogens is 748 g/mol. The quantitative estimate of drug-likeness (QED) is 0.166. The summed E-state index contributed by atoms with van der Waals surface area (Å²) in [6.07, 6.45) is -15.4. The molecule has 0 aliphatic heterocycles. The Morgan fingerprint density at radius 1 is 0.630 bits per heavy atom. The SMILES string of the molecule is CN(Cc1cc(C(F)(F)F)cc(C(F)(F)F)c1)C(=O)c1cnc(-c2ncccn2)nc1-c1ccccc1.CNCc1cc(C(F)(F)F)cc(C(F)(F)F)c1. The van der Waals surface area contributed by atoms with Crippen LogP contribution in [0.2, 0.25) is 0 Å². The number of hydrogen-bond acceptors (Lipinski definition) is 6. The smallest absolute Gasteiger partial charge is 0.337 e. The van der Waals surface area contributed by atoms with Crippen molar-refractivity contribution in [1.29, 1.82) is 0 Å². The van der Waals surface area contributed by atoms with Gasteiger partial charge in [0.15, 0.2) is 11.6 Å². The molecule has 0 aliphatic carbocycles. The number of aromatic nitrogens is 4. The molecule has 1 N–H and O–H groups in total. The van der Waals surface area contributed by atoms with E-state index in [1.165, 1.54) is 32.7 Å². The van der Waals surface area contributed by atoms with Gasteiger partial charge in [0.2, 0.25) is 0 Å². The average molecular weight is 775 g/mol. The van der Waals surface area contributed by atoms with Crippen molar-refractivity contribution in [2.75, 3.05) is 14.1 Å². The van der Waals surface area contributed by atoms with Gasteiger partial charge < -0.3 is 10.2 Å². The summed E-state index contributed by atoms with van der Waals surface area (Å²) in [5, 5.41) is 2.51. The molecule has 0 unspecified atom stereocenters. The molecular formula is C35H26F12N6O. The maximum atomic E-state index is 13.3. The number of alkyl halides is 12. The molecule has 7 nitrogen and oxygen atoms in total. The van der Waals surface area contributed by atoms with Crippen molar-refractivity contribution in [3.8, 4) is 22.9 Å². The van der Waals surface area contributed by atoms with Crippen molar-refractivity contribution in [3.05, 3.63) is 130 Å². The number of nitrogens with zero attached hydrogens (tertiary/aromatic N) is 5. The molecule has 0 spiro atoms. The molecule has 0 bridgehead atoms. The fraction of sp³-hybridized carbons (Fsp3) is 0.229. The number of carbonyl (C=O) groups is 1. The lowest BCUT2D eigenvalue weighted by molar-refractivity contribution is -0.144. The summed E-state index contributed by atoms with van der Waals surface area (Å²) in [5.41, 5.74) is -5.17. The zero-order chi connectivity index (χ0) is 40.1. The van der Waals surface area contributed by atoms with E-state index < -0.39 is 59.4 Å². The van der Waals surface area contributed by atoms with Gasteiger partial charge in [-0.15, -0.1) is 0 Å². The topological polar surface area (TPSA) is 83.9 Å². The summed E-state index contributed by atoms with van der Waals surface area (Å²) in [6, 6.07) is 12.9. The minimum atomic E-state index is -5.00. The molecule has 286 valence electrons. The number of rotatable bonds is 7. The second-order valence-corrected chi connectivity index (χ2v) is 11.4. The highest BCUT2D eigenvalue weighted by atomic mass is 19.4. The van der Waals surface area contributed by atoms with Crippen LogP contribution in [0.1, 0.15) is 43.7 Å². The van der Waals surface area contributed by atoms with E-state index in [2.05, 4.69) is 25.3 Å². The maximum absolute atomic E-state index is 13.3. The Hall–Kier alpha value is -5.59. The van der Waals surface area contributed by atoms with Crippen molar-refractivity contribution in [2.24, 2.45) is 0 Å². The monoisotopic (exact) mass is 774 g/mol. The van der Waals surface area contributed by atoms with Crippen molar-refractivity contribution >= 4 is 5.91 Å². The van der Waals surface area contributed by atoms with E-state index in [4.69, 9.17) is 0 Å². The molecule has 0 saturated heterocycles.